The molecule has 4 heterocycles. The molecule has 1 fully saturated rings. The fourth-order valence-corrected chi connectivity index (χ4v) is 3.57. The van der Waals surface area contributed by atoms with E-state index in [1.165, 1.54) is 12.4 Å². The second-order valence-electron chi connectivity index (χ2n) is 6.01. The molecule has 7 heteroatoms. The van der Waals surface area contributed by atoms with Crippen LogP contribution in [0.15, 0.2) is 42.6 Å². The molecule has 1 unspecified atom stereocenters. The van der Waals surface area contributed by atoms with Crippen LogP contribution in [-0.4, -0.2) is 44.9 Å². The summed E-state index contributed by atoms with van der Waals surface area (Å²) in [5.41, 5.74) is 1.54. The van der Waals surface area contributed by atoms with Gasteiger partial charge in [0.25, 0.3) is 0 Å². The summed E-state index contributed by atoms with van der Waals surface area (Å²) in [6.07, 6.45) is 3.76. The van der Waals surface area contributed by atoms with E-state index in [1.54, 1.807) is 16.2 Å². The van der Waals surface area contributed by atoms with E-state index in [4.69, 9.17) is 0 Å². The van der Waals surface area contributed by atoms with Crippen molar-refractivity contribution in [3.63, 3.8) is 0 Å². The third-order valence-corrected chi connectivity index (χ3v) is 5.07. The molecule has 3 aromatic heterocycles. The quantitative estimate of drug-likeness (QED) is 0.554. The number of nitrogens with zero attached hydrogens (tertiary/aromatic N) is 3. The van der Waals surface area contributed by atoms with E-state index in [-0.39, 0.29) is 11.9 Å². The summed E-state index contributed by atoms with van der Waals surface area (Å²) in [7, 11) is 0. The Morgan fingerprint density at radius 1 is 1.46 bits per heavy atom. The molecule has 3 aromatic rings. The third-order valence-electron chi connectivity index (χ3n) is 4.28. The van der Waals surface area contributed by atoms with Gasteiger partial charge >= 0.3 is 0 Å². The number of H-pyrrole nitrogens is 1. The first-order valence-corrected chi connectivity index (χ1v) is 9.18. The van der Waals surface area contributed by atoms with E-state index in [0.717, 1.165) is 40.4 Å². The second-order valence-corrected chi connectivity index (χ2v) is 6.96. The molecule has 0 spiro atoms. The fraction of sp³-hybridized carbons (Fsp3) is 0.211. The zero-order valence-electron chi connectivity index (χ0n) is 14.0. The van der Waals surface area contributed by atoms with E-state index < -0.39 is 0 Å². The van der Waals surface area contributed by atoms with Gasteiger partial charge < -0.3 is 15.2 Å². The van der Waals surface area contributed by atoms with Gasteiger partial charge in [0.15, 0.2) is 0 Å². The molecule has 1 aliphatic heterocycles. The monoisotopic (exact) mass is 363 g/mol. The van der Waals surface area contributed by atoms with Crippen molar-refractivity contribution < 1.29 is 4.79 Å². The van der Waals surface area contributed by atoms with Crippen LogP contribution in [0.5, 0.6) is 0 Å². The van der Waals surface area contributed by atoms with Crippen LogP contribution < -0.4 is 5.32 Å². The lowest BCUT2D eigenvalue weighted by molar-refractivity contribution is -0.125. The van der Waals surface area contributed by atoms with E-state index in [0.29, 0.717) is 6.54 Å². The van der Waals surface area contributed by atoms with Crippen LogP contribution in [0, 0.1) is 11.8 Å². The Kier molecular flexibility index (Phi) is 4.42. The van der Waals surface area contributed by atoms with Crippen molar-refractivity contribution in [1.82, 2.24) is 19.9 Å². The number of carbonyl (C=O) groups is 1. The standard InChI is InChI=1S/C19H17N5OS/c1-2-17(25)24-8-7-14(11-24)23-19-16-10-13(22-18(16)20-12-21-19)5-6-15-4-3-9-26-15/h2-4,9-10,12,14H,1,7-8,11H2,(H2,20,21,22,23). The largest absolute Gasteiger partial charge is 0.365 e. The van der Waals surface area contributed by atoms with Gasteiger partial charge in [0, 0.05) is 19.1 Å². The predicted octanol–water partition coefficient (Wildman–Crippen LogP) is 2.62. The van der Waals surface area contributed by atoms with Crippen molar-refractivity contribution in [3.05, 3.63) is 53.1 Å². The highest BCUT2D eigenvalue weighted by atomic mass is 32.1. The van der Waals surface area contributed by atoms with Crippen LogP contribution in [0.2, 0.25) is 0 Å². The van der Waals surface area contributed by atoms with Crippen molar-refractivity contribution in [2.24, 2.45) is 0 Å². The lowest BCUT2D eigenvalue weighted by Gasteiger charge is -2.15. The summed E-state index contributed by atoms with van der Waals surface area (Å²) in [6, 6.07) is 6.09. The minimum Gasteiger partial charge on any atom is -0.365 e. The zero-order chi connectivity index (χ0) is 17.9. The minimum atomic E-state index is -0.0325. The van der Waals surface area contributed by atoms with E-state index in [1.807, 2.05) is 23.6 Å². The molecule has 1 aliphatic rings. The van der Waals surface area contributed by atoms with Gasteiger partial charge in [-0.3, -0.25) is 4.79 Å². The van der Waals surface area contributed by atoms with E-state index in [2.05, 4.69) is 38.7 Å². The average molecular weight is 363 g/mol. The average Bonchev–Trinajstić information content (AvgIpc) is 3.39. The molecule has 0 radical (unpaired) electrons. The van der Waals surface area contributed by atoms with Crippen LogP contribution in [0.25, 0.3) is 11.0 Å². The number of rotatable bonds is 3. The smallest absolute Gasteiger partial charge is 0.246 e. The summed E-state index contributed by atoms with van der Waals surface area (Å²) in [4.78, 5) is 26.4. The Labute approximate surface area is 155 Å². The molecular weight excluding hydrogens is 346 g/mol. The number of fused-ring (bicyclic) bond motifs is 1. The van der Waals surface area contributed by atoms with Crippen molar-refractivity contribution in [2.45, 2.75) is 12.5 Å². The zero-order valence-corrected chi connectivity index (χ0v) is 14.8. The van der Waals surface area contributed by atoms with Gasteiger partial charge in [-0.25, -0.2) is 9.97 Å². The Morgan fingerprint density at radius 3 is 3.19 bits per heavy atom. The number of amides is 1. The first kappa shape index (κ1) is 16.4. The number of aromatic nitrogens is 3. The highest BCUT2D eigenvalue weighted by molar-refractivity contribution is 7.10. The van der Waals surface area contributed by atoms with Gasteiger partial charge in [0.1, 0.15) is 17.8 Å². The molecule has 0 aromatic carbocycles. The van der Waals surface area contributed by atoms with Gasteiger partial charge in [0.05, 0.1) is 16.0 Å². The Balaban J connectivity index is 1.55. The maximum absolute atomic E-state index is 11.7. The van der Waals surface area contributed by atoms with Crippen LogP contribution >= 0.6 is 11.3 Å². The Morgan fingerprint density at radius 2 is 2.38 bits per heavy atom. The summed E-state index contributed by atoms with van der Waals surface area (Å²) in [6.45, 7) is 4.91. The number of likely N-dealkylation sites (tertiary alicyclic amines) is 1. The molecular formula is C19H17N5OS. The number of carbonyl (C=O) groups excluding carboxylic acids is 1. The summed E-state index contributed by atoms with van der Waals surface area (Å²) in [5, 5.41) is 6.33. The number of nitrogens with one attached hydrogen (secondary N) is 2. The number of thiophene rings is 1. The predicted molar refractivity (Wildman–Crippen MR) is 103 cm³/mol. The molecule has 26 heavy (non-hydrogen) atoms. The molecule has 2 N–H and O–H groups in total. The first-order valence-electron chi connectivity index (χ1n) is 8.30. The van der Waals surface area contributed by atoms with Gasteiger partial charge in [-0.2, -0.15) is 0 Å². The van der Waals surface area contributed by atoms with Crippen LogP contribution in [-0.2, 0) is 4.79 Å². The topological polar surface area (TPSA) is 73.9 Å². The van der Waals surface area contributed by atoms with Crippen LogP contribution in [0.4, 0.5) is 5.82 Å². The molecule has 0 saturated carbocycles. The number of hydrogen-bond acceptors (Lipinski definition) is 5. The molecule has 0 bridgehead atoms. The minimum absolute atomic E-state index is 0.0325. The molecule has 4 rings (SSSR count). The molecule has 0 aliphatic carbocycles. The summed E-state index contributed by atoms with van der Waals surface area (Å²) >= 11 is 1.61. The third kappa shape index (κ3) is 3.32. The van der Waals surface area contributed by atoms with Gasteiger partial charge in [0.2, 0.25) is 5.91 Å². The SMILES string of the molecule is C=CC(=O)N1CCC(Nc2ncnc3[nH]c(C#Cc4cccs4)cc23)C1. The summed E-state index contributed by atoms with van der Waals surface area (Å²) in [5.74, 6) is 6.99. The van der Waals surface area contributed by atoms with E-state index >= 15 is 0 Å². The molecule has 1 amide bonds. The van der Waals surface area contributed by atoms with Crippen LogP contribution in [0.1, 0.15) is 17.0 Å². The van der Waals surface area contributed by atoms with Gasteiger partial charge in [-0.1, -0.05) is 12.6 Å². The highest BCUT2D eigenvalue weighted by Crippen LogP contribution is 2.23. The molecule has 130 valence electrons. The first-order chi connectivity index (χ1) is 12.7. The number of anilines is 1. The highest BCUT2D eigenvalue weighted by Gasteiger charge is 2.25. The Hall–Kier alpha value is -3.11. The van der Waals surface area contributed by atoms with Gasteiger partial charge in [-0.05, 0) is 41.9 Å². The Bertz CT molecular complexity index is 1010. The normalized spacial score (nSPS) is 16.3. The number of aromatic amines is 1. The maximum Gasteiger partial charge on any atom is 0.246 e. The van der Waals surface area contributed by atoms with Crippen molar-refractivity contribution in [2.75, 3.05) is 18.4 Å². The number of hydrogen-bond donors (Lipinski definition) is 2. The molecule has 1 saturated heterocycles. The van der Waals surface area contributed by atoms with E-state index in [9.17, 15) is 4.79 Å². The van der Waals surface area contributed by atoms with Gasteiger partial charge in [-0.15, -0.1) is 11.3 Å². The van der Waals surface area contributed by atoms with Crippen LogP contribution in [0.3, 0.4) is 0 Å². The van der Waals surface area contributed by atoms with Crippen molar-refractivity contribution in [1.29, 1.82) is 0 Å². The molecule has 6 nitrogen and oxygen atoms in total. The molecule has 1 atom stereocenters. The van der Waals surface area contributed by atoms with Crippen molar-refractivity contribution >= 4 is 34.1 Å². The maximum atomic E-state index is 11.7. The summed E-state index contributed by atoms with van der Waals surface area (Å²) < 4.78 is 0. The lowest BCUT2D eigenvalue weighted by Crippen LogP contribution is -2.30. The fourth-order valence-electron chi connectivity index (χ4n) is 3.00. The second kappa shape index (κ2) is 7.02. The lowest BCUT2D eigenvalue weighted by atomic mass is 10.2. The van der Waals surface area contributed by atoms with Crippen molar-refractivity contribution in [3.8, 4) is 11.8 Å².